The fraction of sp³-hybridized carbons (Fsp3) is 0.625. The zero-order valence-electron chi connectivity index (χ0n) is 12.2. The summed E-state index contributed by atoms with van der Waals surface area (Å²) in [4.78, 5) is 2.46. The van der Waals surface area contributed by atoms with Gasteiger partial charge in [0.1, 0.15) is 5.75 Å². The maximum absolute atomic E-state index is 5.93. The molecular weight excluding hydrogens is 252 g/mol. The van der Waals surface area contributed by atoms with Crippen LogP contribution < -0.4 is 10.5 Å². The molecule has 4 heteroatoms. The molecule has 0 amide bonds. The van der Waals surface area contributed by atoms with E-state index in [1.54, 1.807) is 0 Å². The van der Waals surface area contributed by atoms with Crippen molar-refractivity contribution in [2.45, 2.75) is 31.9 Å². The van der Waals surface area contributed by atoms with Gasteiger partial charge in [0.15, 0.2) is 0 Å². The van der Waals surface area contributed by atoms with E-state index in [9.17, 15) is 0 Å². The lowest BCUT2D eigenvalue weighted by Crippen LogP contribution is -2.49. The van der Waals surface area contributed by atoms with Crippen LogP contribution in [0, 0.1) is 0 Å². The second-order valence-electron chi connectivity index (χ2n) is 5.86. The topological polar surface area (TPSA) is 47.7 Å². The molecule has 0 aromatic heterocycles. The van der Waals surface area contributed by atoms with E-state index in [4.69, 9.17) is 15.2 Å². The van der Waals surface area contributed by atoms with E-state index in [1.165, 1.54) is 11.1 Å². The molecule has 0 bridgehead atoms. The molecule has 3 rings (SSSR count). The van der Waals surface area contributed by atoms with Gasteiger partial charge in [-0.1, -0.05) is 12.1 Å². The molecule has 2 aliphatic rings. The highest BCUT2D eigenvalue weighted by Gasteiger charge is 2.23. The van der Waals surface area contributed by atoms with Gasteiger partial charge in [0, 0.05) is 32.1 Å². The van der Waals surface area contributed by atoms with Gasteiger partial charge in [0.2, 0.25) is 0 Å². The Balaban J connectivity index is 1.54. The Morgan fingerprint density at radius 1 is 1.40 bits per heavy atom. The van der Waals surface area contributed by atoms with Crippen LogP contribution in [0.25, 0.3) is 0 Å². The smallest absolute Gasteiger partial charge is 0.122 e. The van der Waals surface area contributed by atoms with Gasteiger partial charge >= 0.3 is 0 Å². The van der Waals surface area contributed by atoms with Gasteiger partial charge in [-0.05, 0) is 30.5 Å². The van der Waals surface area contributed by atoms with Crippen LogP contribution in [0.2, 0.25) is 0 Å². The quantitative estimate of drug-likeness (QED) is 0.898. The lowest BCUT2D eigenvalue weighted by Gasteiger charge is -2.34. The van der Waals surface area contributed by atoms with Crippen molar-refractivity contribution in [1.82, 2.24) is 4.90 Å². The lowest BCUT2D eigenvalue weighted by atomic mass is 10.1. The van der Waals surface area contributed by atoms with Gasteiger partial charge < -0.3 is 15.2 Å². The molecular formula is C16H24N2O2. The van der Waals surface area contributed by atoms with E-state index >= 15 is 0 Å². The average molecular weight is 276 g/mol. The van der Waals surface area contributed by atoms with Crippen molar-refractivity contribution < 1.29 is 9.47 Å². The fourth-order valence-corrected chi connectivity index (χ4v) is 2.94. The molecule has 1 aromatic carbocycles. The SMILES string of the molecule is CC(N)C1CN(CCc2ccc3c(c2)CCO3)CCO1. The first-order valence-corrected chi connectivity index (χ1v) is 7.56. The summed E-state index contributed by atoms with van der Waals surface area (Å²) in [6.45, 7) is 6.69. The van der Waals surface area contributed by atoms with Crippen molar-refractivity contribution in [1.29, 1.82) is 0 Å². The highest BCUT2D eigenvalue weighted by molar-refractivity contribution is 5.39. The van der Waals surface area contributed by atoms with Crippen LogP contribution in [-0.4, -0.2) is 49.9 Å². The molecule has 0 spiro atoms. The molecule has 110 valence electrons. The van der Waals surface area contributed by atoms with E-state index in [-0.39, 0.29) is 12.1 Å². The number of benzene rings is 1. The summed E-state index contributed by atoms with van der Waals surface area (Å²) in [7, 11) is 0. The molecule has 1 fully saturated rings. The van der Waals surface area contributed by atoms with E-state index in [0.717, 1.165) is 51.4 Å². The van der Waals surface area contributed by atoms with Crippen LogP contribution in [0.3, 0.4) is 0 Å². The molecule has 2 atom stereocenters. The Hall–Kier alpha value is -1.10. The average Bonchev–Trinajstić information content (AvgIpc) is 2.93. The lowest BCUT2D eigenvalue weighted by molar-refractivity contribution is -0.0371. The molecule has 1 saturated heterocycles. The maximum atomic E-state index is 5.93. The third kappa shape index (κ3) is 3.14. The largest absolute Gasteiger partial charge is 0.493 e. The van der Waals surface area contributed by atoms with Crippen LogP contribution in [0.15, 0.2) is 18.2 Å². The molecule has 0 aliphatic carbocycles. The van der Waals surface area contributed by atoms with Crippen LogP contribution in [0.4, 0.5) is 0 Å². The number of nitrogens with two attached hydrogens (primary N) is 1. The summed E-state index contributed by atoms with van der Waals surface area (Å²) < 4.78 is 11.2. The number of rotatable bonds is 4. The van der Waals surface area contributed by atoms with Crippen molar-refractivity contribution in [3.63, 3.8) is 0 Å². The van der Waals surface area contributed by atoms with Crippen LogP contribution in [-0.2, 0) is 17.6 Å². The molecule has 1 aromatic rings. The van der Waals surface area contributed by atoms with Gasteiger partial charge in [-0.3, -0.25) is 4.90 Å². The van der Waals surface area contributed by atoms with E-state index in [2.05, 4.69) is 23.1 Å². The molecule has 2 N–H and O–H groups in total. The van der Waals surface area contributed by atoms with Crippen molar-refractivity contribution in [2.75, 3.05) is 32.8 Å². The molecule has 0 saturated carbocycles. The first-order chi connectivity index (χ1) is 9.72. The van der Waals surface area contributed by atoms with Gasteiger partial charge in [-0.25, -0.2) is 0 Å². The van der Waals surface area contributed by atoms with Crippen molar-refractivity contribution in [3.8, 4) is 5.75 Å². The number of morpholine rings is 1. The van der Waals surface area contributed by atoms with Crippen molar-refractivity contribution in [3.05, 3.63) is 29.3 Å². The zero-order valence-corrected chi connectivity index (χ0v) is 12.2. The Kier molecular flexibility index (Phi) is 4.24. The first-order valence-electron chi connectivity index (χ1n) is 7.56. The molecule has 2 unspecified atom stereocenters. The molecule has 4 nitrogen and oxygen atoms in total. The standard InChI is InChI=1S/C16H24N2O2/c1-12(17)16-11-18(7-9-20-16)6-4-13-2-3-15-14(10-13)5-8-19-15/h2-3,10,12,16H,4-9,11,17H2,1H3. The third-order valence-corrected chi connectivity index (χ3v) is 4.23. The number of hydrogen-bond donors (Lipinski definition) is 1. The minimum absolute atomic E-state index is 0.106. The predicted octanol–water partition coefficient (Wildman–Crippen LogP) is 1.21. The Morgan fingerprint density at radius 3 is 3.15 bits per heavy atom. The number of ether oxygens (including phenoxy) is 2. The van der Waals surface area contributed by atoms with Gasteiger partial charge in [0.25, 0.3) is 0 Å². The monoisotopic (exact) mass is 276 g/mol. The van der Waals surface area contributed by atoms with Gasteiger partial charge in [-0.2, -0.15) is 0 Å². The second-order valence-corrected chi connectivity index (χ2v) is 5.86. The minimum Gasteiger partial charge on any atom is -0.493 e. The Morgan fingerprint density at radius 2 is 2.30 bits per heavy atom. The Bertz CT molecular complexity index is 462. The van der Waals surface area contributed by atoms with Crippen LogP contribution >= 0.6 is 0 Å². The fourth-order valence-electron chi connectivity index (χ4n) is 2.94. The molecule has 2 aliphatic heterocycles. The zero-order chi connectivity index (χ0) is 13.9. The van der Waals surface area contributed by atoms with E-state index in [0.29, 0.717) is 0 Å². The summed E-state index contributed by atoms with van der Waals surface area (Å²) in [6.07, 6.45) is 2.31. The van der Waals surface area contributed by atoms with Crippen LogP contribution in [0.1, 0.15) is 18.1 Å². The summed E-state index contributed by atoms with van der Waals surface area (Å²) in [5.41, 5.74) is 8.69. The number of nitrogens with zero attached hydrogens (tertiary/aromatic N) is 1. The summed E-state index contributed by atoms with van der Waals surface area (Å²) >= 11 is 0. The highest BCUT2D eigenvalue weighted by Crippen LogP contribution is 2.26. The first kappa shape index (κ1) is 13.9. The number of fused-ring (bicyclic) bond motifs is 1. The second kappa shape index (κ2) is 6.12. The summed E-state index contributed by atoms with van der Waals surface area (Å²) in [6, 6.07) is 6.70. The summed E-state index contributed by atoms with van der Waals surface area (Å²) in [5.74, 6) is 1.07. The highest BCUT2D eigenvalue weighted by atomic mass is 16.5. The molecule has 20 heavy (non-hydrogen) atoms. The van der Waals surface area contributed by atoms with E-state index < -0.39 is 0 Å². The van der Waals surface area contributed by atoms with Gasteiger partial charge in [-0.15, -0.1) is 0 Å². The minimum atomic E-state index is 0.106. The van der Waals surface area contributed by atoms with Crippen molar-refractivity contribution in [2.24, 2.45) is 5.73 Å². The van der Waals surface area contributed by atoms with Crippen molar-refractivity contribution >= 4 is 0 Å². The third-order valence-electron chi connectivity index (χ3n) is 4.23. The molecule has 2 heterocycles. The predicted molar refractivity (Wildman–Crippen MR) is 79.2 cm³/mol. The van der Waals surface area contributed by atoms with Crippen LogP contribution in [0.5, 0.6) is 5.75 Å². The summed E-state index contributed by atoms with van der Waals surface area (Å²) in [5, 5.41) is 0. The number of hydrogen-bond acceptors (Lipinski definition) is 4. The van der Waals surface area contributed by atoms with Gasteiger partial charge in [0.05, 0.1) is 19.3 Å². The van der Waals surface area contributed by atoms with E-state index in [1.807, 2.05) is 6.92 Å². The maximum Gasteiger partial charge on any atom is 0.122 e. The molecule has 0 radical (unpaired) electrons. The Labute approximate surface area is 120 Å². The normalized spacial score (nSPS) is 24.2.